The van der Waals surface area contributed by atoms with Crippen molar-refractivity contribution in [3.05, 3.63) is 21.5 Å². The van der Waals surface area contributed by atoms with Crippen LogP contribution in [0.3, 0.4) is 0 Å². The summed E-state index contributed by atoms with van der Waals surface area (Å²) in [6.45, 7) is 1.18. The number of nitriles is 2. The number of aromatic nitrogens is 2. The Labute approximate surface area is 90.0 Å². The minimum Gasteiger partial charge on any atom is -0.383 e. The van der Waals surface area contributed by atoms with Gasteiger partial charge in [0, 0.05) is 6.92 Å². The summed E-state index contributed by atoms with van der Waals surface area (Å²) in [6.07, 6.45) is 1.04. The molecule has 0 amide bonds. The molecule has 1 aromatic rings. The number of carbonyl (C=O) groups is 1. The van der Waals surface area contributed by atoms with E-state index in [2.05, 4.69) is 5.10 Å². The molecule has 0 fully saturated rings. The largest absolute Gasteiger partial charge is 0.383 e. The first kappa shape index (κ1) is 11.3. The average Bonchev–Trinajstić information content (AvgIpc) is 2.52. The van der Waals surface area contributed by atoms with Crippen LogP contribution in [0.2, 0.25) is 0 Å². The number of nitrogens with zero attached hydrogens (tertiary/aromatic N) is 3. The highest BCUT2D eigenvalue weighted by Gasteiger charge is 2.13. The summed E-state index contributed by atoms with van der Waals surface area (Å²) in [5.74, 6) is -0.602. The number of hydrogen-bond acceptors (Lipinski definition) is 5. The van der Waals surface area contributed by atoms with Crippen LogP contribution in [0.25, 0.3) is 6.08 Å². The average molecular weight is 217 g/mol. The van der Waals surface area contributed by atoms with Crippen molar-refractivity contribution in [2.24, 2.45) is 0 Å². The predicted molar refractivity (Wildman–Crippen MR) is 55.0 cm³/mol. The van der Waals surface area contributed by atoms with E-state index in [1.54, 1.807) is 12.1 Å². The highest BCUT2D eigenvalue weighted by molar-refractivity contribution is 5.78. The van der Waals surface area contributed by atoms with Crippen molar-refractivity contribution in [3.63, 3.8) is 0 Å². The van der Waals surface area contributed by atoms with E-state index in [1.807, 2.05) is 0 Å². The molecule has 1 heterocycles. The Morgan fingerprint density at radius 3 is 2.44 bits per heavy atom. The lowest BCUT2D eigenvalue weighted by Gasteiger charge is -1.89. The van der Waals surface area contributed by atoms with Gasteiger partial charge in [-0.3, -0.25) is 14.7 Å². The monoisotopic (exact) mass is 217 g/mol. The van der Waals surface area contributed by atoms with Crippen molar-refractivity contribution < 1.29 is 4.79 Å². The molecule has 0 aliphatic carbocycles. The van der Waals surface area contributed by atoms with Gasteiger partial charge in [-0.2, -0.15) is 15.2 Å². The predicted octanol–water partition coefficient (Wildman–Crippen LogP) is -0.151. The van der Waals surface area contributed by atoms with Crippen molar-refractivity contribution in [1.82, 2.24) is 9.78 Å². The minimum atomic E-state index is -0.687. The Kier molecular flexibility index (Phi) is 2.93. The van der Waals surface area contributed by atoms with Crippen molar-refractivity contribution in [1.29, 1.82) is 10.5 Å². The number of carbonyl (C=O) groups excluding carboxylic acids is 1. The van der Waals surface area contributed by atoms with Gasteiger partial charge in [-0.05, 0) is 6.08 Å². The van der Waals surface area contributed by atoms with Gasteiger partial charge in [-0.15, -0.1) is 0 Å². The maximum Gasteiger partial charge on any atom is 0.283 e. The van der Waals surface area contributed by atoms with Crippen LogP contribution in [-0.4, -0.2) is 15.7 Å². The first-order chi connectivity index (χ1) is 7.51. The van der Waals surface area contributed by atoms with Gasteiger partial charge in [-0.25, -0.2) is 0 Å². The first-order valence-electron chi connectivity index (χ1n) is 4.14. The highest BCUT2D eigenvalue weighted by Crippen LogP contribution is 2.08. The third-order valence-electron chi connectivity index (χ3n) is 1.80. The second-order valence-corrected chi connectivity index (χ2v) is 2.88. The van der Waals surface area contributed by atoms with Gasteiger partial charge in [0.15, 0.2) is 0 Å². The fraction of sp³-hybridized carbons (Fsp3) is 0.111. The Morgan fingerprint density at radius 2 is 2.06 bits per heavy atom. The zero-order chi connectivity index (χ0) is 12.3. The zero-order valence-electron chi connectivity index (χ0n) is 8.31. The molecule has 0 aromatic carbocycles. The molecule has 0 atom stereocenters. The molecule has 80 valence electrons. The fourth-order valence-electron chi connectivity index (χ4n) is 1.06. The molecule has 0 spiro atoms. The lowest BCUT2D eigenvalue weighted by Crippen LogP contribution is -2.22. The number of anilines is 1. The Morgan fingerprint density at radius 1 is 1.50 bits per heavy atom. The molecule has 0 saturated heterocycles. The molecule has 1 aromatic heterocycles. The summed E-state index contributed by atoms with van der Waals surface area (Å²) < 4.78 is 0.702. The number of nitrogen functional groups attached to an aromatic ring is 1. The van der Waals surface area contributed by atoms with E-state index in [1.165, 1.54) is 6.92 Å². The van der Waals surface area contributed by atoms with E-state index in [0.29, 0.717) is 4.68 Å². The third kappa shape index (κ3) is 1.83. The summed E-state index contributed by atoms with van der Waals surface area (Å²) in [7, 11) is 0. The van der Waals surface area contributed by atoms with Gasteiger partial charge in [0.25, 0.3) is 5.56 Å². The second kappa shape index (κ2) is 4.15. The van der Waals surface area contributed by atoms with Gasteiger partial charge in [0.2, 0.25) is 5.91 Å². The number of nitrogens with two attached hydrogens (primary N) is 1. The molecular weight excluding hydrogens is 210 g/mol. The molecule has 0 saturated carbocycles. The number of H-pyrrole nitrogens is 1. The van der Waals surface area contributed by atoms with E-state index >= 15 is 0 Å². The standard InChI is InChI=1S/C9H7N5O2/c1-5(15)14-9(16)7(8(12)13-14)2-6(3-10)4-11/h2,13H,12H2,1H3. The zero-order valence-corrected chi connectivity index (χ0v) is 8.31. The normalized spacial score (nSPS) is 8.94. The number of hydrogen-bond donors (Lipinski definition) is 2. The van der Waals surface area contributed by atoms with E-state index in [-0.39, 0.29) is 17.0 Å². The summed E-state index contributed by atoms with van der Waals surface area (Å²) in [5.41, 5.74) is 4.42. The first-order valence-corrected chi connectivity index (χ1v) is 4.14. The van der Waals surface area contributed by atoms with Crippen molar-refractivity contribution in [3.8, 4) is 12.1 Å². The molecule has 7 nitrogen and oxygen atoms in total. The molecule has 0 unspecified atom stereocenters. The van der Waals surface area contributed by atoms with E-state index in [4.69, 9.17) is 16.3 Å². The number of allylic oxidation sites excluding steroid dienone is 1. The third-order valence-corrected chi connectivity index (χ3v) is 1.80. The number of rotatable bonds is 1. The van der Waals surface area contributed by atoms with Crippen molar-refractivity contribution in [2.75, 3.05) is 5.73 Å². The molecular formula is C9H7N5O2. The van der Waals surface area contributed by atoms with Crippen molar-refractivity contribution in [2.45, 2.75) is 6.92 Å². The van der Waals surface area contributed by atoms with E-state index < -0.39 is 11.5 Å². The van der Waals surface area contributed by atoms with E-state index in [0.717, 1.165) is 6.08 Å². The van der Waals surface area contributed by atoms with Crippen LogP contribution >= 0.6 is 0 Å². The quantitative estimate of drug-likeness (QED) is 0.632. The van der Waals surface area contributed by atoms with Crippen LogP contribution in [0.5, 0.6) is 0 Å². The highest BCUT2D eigenvalue weighted by atomic mass is 16.2. The maximum absolute atomic E-state index is 11.6. The molecule has 0 bridgehead atoms. The topological polar surface area (TPSA) is 128 Å². The summed E-state index contributed by atoms with van der Waals surface area (Å²) >= 11 is 0. The molecule has 7 heteroatoms. The van der Waals surface area contributed by atoms with E-state index in [9.17, 15) is 9.59 Å². The molecule has 16 heavy (non-hydrogen) atoms. The molecule has 3 N–H and O–H groups in total. The summed E-state index contributed by atoms with van der Waals surface area (Å²) in [6, 6.07) is 3.18. The Hall–Kier alpha value is -2.80. The van der Waals surface area contributed by atoms with Gasteiger partial charge >= 0.3 is 0 Å². The lowest BCUT2D eigenvalue weighted by molar-refractivity contribution is 0.0917. The van der Waals surface area contributed by atoms with Crippen molar-refractivity contribution >= 4 is 17.8 Å². The smallest absolute Gasteiger partial charge is 0.283 e. The van der Waals surface area contributed by atoms with Crippen LogP contribution in [0.4, 0.5) is 5.82 Å². The Bertz CT molecular complexity index is 589. The minimum absolute atomic E-state index is 0.0665. The second-order valence-electron chi connectivity index (χ2n) is 2.88. The molecule has 0 aliphatic heterocycles. The lowest BCUT2D eigenvalue weighted by atomic mass is 10.2. The SMILES string of the molecule is CC(=O)n1[nH]c(N)c(C=C(C#N)C#N)c1=O. The number of aromatic amines is 1. The molecule has 0 aliphatic rings. The van der Waals surface area contributed by atoms with Crippen LogP contribution < -0.4 is 11.3 Å². The fourth-order valence-corrected chi connectivity index (χ4v) is 1.06. The number of nitrogens with one attached hydrogen (secondary N) is 1. The van der Waals surface area contributed by atoms with Gasteiger partial charge in [-0.1, -0.05) is 0 Å². The van der Waals surface area contributed by atoms with Crippen LogP contribution in [0.1, 0.15) is 17.3 Å². The van der Waals surface area contributed by atoms with Crippen LogP contribution in [0, 0.1) is 22.7 Å². The molecule has 0 radical (unpaired) electrons. The van der Waals surface area contributed by atoms with Gasteiger partial charge in [0.1, 0.15) is 23.5 Å². The van der Waals surface area contributed by atoms with Gasteiger partial charge < -0.3 is 5.73 Å². The van der Waals surface area contributed by atoms with Crippen LogP contribution in [-0.2, 0) is 0 Å². The van der Waals surface area contributed by atoms with Gasteiger partial charge in [0.05, 0.1) is 5.56 Å². The molecule has 1 rings (SSSR count). The summed E-state index contributed by atoms with van der Waals surface area (Å²) in [5, 5.41) is 19.4. The maximum atomic E-state index is 11.6. The summed E-state index contributed by atoms with van der Waals surface area (Å²) in [4.78, 5) is 22.5. The Balaban J connectivity index is 3.45. The van der Waals surface area contributed by atoms with Crippen LogP contribution in [0.15, 0.2) is 10.4 Å².